The molecule has 0 radical (unpaired) electrons. The van der Waals surface area contributed by atoms with E-state index in [1.54, 1.807) is 19.2 Å². The largest absolute Gasteiger partial charge is 0.417 e. The van der Waals surface area contributed by atoms with Crippen LogP contribution in [0.1, 0.15) is 16.8 Å². The quantitative estimate of drug-likeness (QED) is 0.376. The number of anilines is 1. The van der Waals surface area contributed by atoms with E-state index in [0.717, 1.165) is 23.9 Å². The normalized spacial score (nSPS) is 11.9. The van der Waals surface area contributed by atoms with E-state index < -0.39 is 16.7 Å². The minimum atomic E-state index is -4.50. The van der Waals surface area contributed by atoms with Crippen LogP contribution >= 0.6 is 11.8 Å². The third kappa shape index (κ3) is 4.90. The Kier molecular flexibility index (Phi) is 5.55. The van der Waals surface area contributed by atoms with E-state index in [4.69, 9.17) is 5.73 Å². The zero-order valence-electron chi connectivity index (χ0n) is 14.8. The third-order valence-corrected chi connectivity index (χ3v) is 4.64. The second kappa shape index (κ2) is 7.91. The summed E-state index contributed by atoms with van der Waals surface area (Å²) in [4.78, 5) is 18.8. The molecule has 0 saturated heterocycles. The molecule has 29 heavy (non-hydrogen) atoms. The van der Waals surface area contributed by atoms with Gasteiger partial charge in [-0.3, -0.25) is 10.1 Å². The summed E-state index contributed by atoms with van der Waals surface area (Å²) in [5, 5.41) is 15.7. The Balaban J connectivity index is 1.85. The van der Waals surface area contributed by atoms with E-state index in [9.17, 15) is 23.3 Å². The van der Waals surface area contributed by atoms with Gasteiger partial charge < -0.3 is 5.73 Å². The molecule has 2 heterocycles. The molecule has 150 valence electrons. The molecule has 0 aliphatic carbocycles. The number of hydrogen-bond donors (Lipinski definition) is 1. The van der Waals surface area contributed by atoms with Gasteiger partial charge in [0.25, 0.3) is 5.69 Å². The van der Waals surface area contributed by atoms with Crippen LogP contribution in [-0.4, -0.2) is 25.8 Å². The zero-order valence-corrected chi connectivity index (χ0v) is 15.6. The molecule has 3 rings (SSSR count). The summed E-state index contributed by atoms with van der Waals surface area (Å²) in [6.45, 7) is 1.74. The number of imidazole rings is 1. The number of nitrogens with zero attached hydrogens (tertiary/aromatic N) is 5. The lowest BCUT2D eigenvalue weighted by Gasteiger charge is -2.07. The van der Waals surface area contributed by atoms with Gasteiger partial charge in [0.05, 0.1) is 33.5 Å². The SMILES string of the molecule is Cc1cn(N=Cc2ccc(Sc3ccc(C(F)(F)F)cn3)c([N+](=O)[O-])c2)c(N)n1. The monoisotopic (exact) mass is 422 g/mol. The predicted molar refractivity (Wildman–Crippen MR) is 101 cm³/mol. The lowest BCUT2D eigenvalue weighted by Crippen LogP contribution is -2.05. The smallest absolute Gasteiger partial charge is 0.368 e. The highest BCUT2D eigenvalue weighted by molar-refractivity contribution is 7.99. The van der Waals surface area contributed by atoms with Crippen LogP contribution in [0.5, 0.6) is 0 Å². The fraction of sp³-hybridized carbons (Fsp3) is 0.118. The van der Waals surface area contributed by atoms with Crippen molar-refractivity contribution in [2.45, 2.75) is 23.0 Å². The minimum absolute atomic E-state index is 0.175. The van der Waals surface area contributed by atoms with Crippen molar-refractivity contribution in [2.24, 2.45) is 5.10 Å². The van der Waals surface area contributed by atoms with E-state index in [1.807, 2.05) is 0 Å². The van der Waals surface area contributed by atoms with Crippen LogP contribution in [0.4, 0.5) is 24.8 Å². The van der Waals surface area contributed by atoms with Gasteiger partial charge in [0, 0.05) is 17.8 Å². The number of rotatable bonds is 5. The van der Waals surface area contributed by atoms with Gasteiger partial charge in [-0.1, -0.05) is 17.8 Å². The molecule has 12 heteroatoms. The number of aromatic nitrogens is 3. The number of halogens is 3. The number of benzene rings is 1. The maximum absolute atomic E-state index is 12.6. The Labute approximate surface area is 166 Å². The second-order valence-electron chi connectivity index (χ2n) is 5.80. The summed E-state index contributed by atoms with van der Waals surface area (Å²) >= 11 is 0.891. The molecule has 1 aromatic carbocycles. The van der Waals surface area contributed by atoms with Gasteiger partial charge in [0.15, 0.2) is 0 Å². The highest BCUT2D eigenvalue weighted by atomic mass is 32.2. The Hall–Kier alpha value is -3.41. The van der Waals surface area contributed by atoms with Crippen molar-refractivity contribution >= 4 is 29.6 Å². The minimum Gasteiger partial charge on any atom is -0.368 e. The molecule has 3 aromatic rings. The number of nitrogens with two attached hydrogens (primary N) is 1. The molecule has 0 aliphatic rings. The van der Waals surface area contributed by atoms with Crippen molar-refractivity contribution in [2.75, 3.05) is 5.73 Å². The average Bonchev–Trinajstić information content (AvgIpc) is 2.97. The molecule has 0 amide bonds. The lowest BCUT2D eigenvalue weighted by atomic mass is 10.2. The third-order valence-electron chi connectivity index (χ3n) is 3.62. The molecule has 0 saturated carbocycles. The summed E-state index contributed by atoms with van der Waals surface area (Å²) in [6, 6.07) is 6.40. The summed E-state index contributed by atoms with van der Waals surface area (Å²) in [5.74, 6) is 0.175. The maximum atomic E-state index is 12.6. The van der Waals surface area contributed by atoms with Crippen molar-refractivity contribution < 1.29 is 18.1 Å². The number of alkyl halides is 3. The van der Waals surface area contributed by atoms with Gasteiger partial charge in [-0.05, 0) is 25.1 Å². The molecule has 0 bridgehead atoms. The van der Waals surface area contributed by atoms with Crippen molar-refractivity contribution in [3.8, 4) is 0 Å². The molecule has 0 aliphatic heterocycles. The predicted octanol–water partition coefficient (Wildman–Crippen LogP) is 4.13. The van der Waals surface area contributed by atoms with Crippen LogP contribution in [0.15, 0.2) is 57.7 Å². The average molecular weight is 422 g/mol. The number of pyridine rings is 1. The van der Waals surface area contributed by atoms with E-state index in [2.05, 4.69) is 15.1 Å². The zero-order chi connectivity index (χ0) is 21.2. The fourth-order valence-corrected chi connectivity index (χ4v) is 3.13. The number of nitro benzene ring substituents is 1. The second-order valence-corrected chi connectivity index (χ2v) is 6.86. The Morgan fingerprint density at radius 1 is 1.31 bits per heavy atom. The van der Waals surface area contributed by atoms with Crippen LogP contribution < -0.4 is 5.73 Å². The molecular formula is C17H13F3N6O2S. The van der Waals surface area contributed by atoms with Gasteiger partial charge in [0.1, 0.15) is 5.03 Å². The first-order valence-electron chi connectivity index (χ1n) is 7.99. The summed E-state index contributed by atoms with van der Waals surface area (Å²) in [7, 11) is 0. The van der Waals surface area contributed by atoms with Crippen molar-refractivity contribution in [3.05, 3.63) is 69.7 Å². The Bertz CT molecular complexity index is 1080. The number of nitrogen functional groups attached to an aromatic ring is 1. The topological polar surface area (TPSA) is 112 Å². The lowest BCUT2D eigenvalue weighted by molar-refractivity contribution is -0.387. The molecule has 2 aromatic heterocycles. The molecule has 0 atom stereocenters. The van der Waals surface area contributed by atoms with Gasteiger partial charge >= 0.3 is 6.18 Å². The molecule has 8 nitrogen and oxygen atoms in total. The molecule has 0 unspecified atom stereocenters. The van der Waals surface area contributed by atoms with Gasteiger partial charge in [-0.25, -0.2) is 14.6 Å². The van der Waals surface area contributed by atoms with Crippen LogP contribution in [-0.2, 0) is 6.18 Å². The Morgan fingerprint density at radius 2 is 2.07 bits per heavy atom. The molecular weight excluding hydrogens is 409 g/mol. The van der Waals surface area contributed by atoms with Gasteiger partial charge in [-0.15, -0.1) is 0 Å². The molecule has 0 spiro atoms. The standard InChI is InChI=1S/C17H13F3N6O2S/c1-10-9-25(16(21)24-10)23-7-11-2-4-14(13(6-11)26(27)28)29-15-5-3-12(8-22-15)17(18,19)20/h2-9H,1H3,(H2,21,24). The fourth-order valence-electron chi connectivity index (χ4n) is 2.29. The van der Waals surface area contributed by atoms with Crippen molar-refractivity contribution in [1.82, 2.24) is 14.6 Å². The molecule has 2 N–H and O–H groups in total. The highest BCUT2D eigenvalue weighted by Crippen LogP contribution is 2.35. The number of nitro groups is 1. The van der Waals surface area contributed by atoms with E-state index in [0.29, 0.717) is 17.5 Å². The summed E-state index contributed by atoms with van der Waals surface area (Å²) in [5.41, 5.74) is 5.67. The summed E-state index contributed by atoms with van der Waals surface area (Å²) in [6.07, 6.45) is -0.830. The van der Waals surface area contributed by atoms with Crippen LogP contribution in [0.25, 0.3) is 0 Å². The van der Waals surface area contributed by atoms with E-state index in [1.165, 1.54) is 23.0 Å². The van der Waals surface area contributed by atoms with Crippen LogP contribution in [0.2, 0.25) is 0 Å². The Morgan fingerprint density at radius 3 is 2.62 bits per heavy atom. The van der Waals surface area contributed by atoms with E-state index >= 15 is 0 Å². The number of hydrogen-bond acceptors (Lipinski definition) is 7. The van der Waals surface area contributed by atoms with Crippen LogP contribution in [0.3, 0.4) is 0 Å². The van der Waals surface area contributed by atoms with Crippen LogP contribution in [0, 0.1) is 17.0 Å². The van der Waals surface area contributed by atoms with Gasteiger partial charge in [0.2, 0.25) is 5.95 Å². The summed E-state index contributed by atoms with van der Waals surface area (Å²) < 4.78 is 39.2. The first-order valence-corrected chi connectivity index (χ1v) is 8.80. The molecule has 0 fully saturated rings. The maximum Gasteiger partial charge on any atom is 0.417 e. The van der Waals surface area contributed by atoms with Crippen molar-refractivity contribution in [1.29, 1.82) is 0 Å². The van der Waals surface area contributed by atoms with Crippen molar-refractivity contribution in [3.63, 3.8) is 0 Å². The highest BCUT2D eigenvalue weighted by Gasteiger charge is 2.30. The number of aryl methyl sites for hydroxylation is 1. The van der Waals surface area contributed by atoms with E-state index in [-0.39, 0.29) is 21.6 Å². The first-order chi connectivity index (χ1) is 13.6. The first kappa shape index (κ1) is 20.3. The van der Waals surface area contributed by atoms with Gasteiger partial charge in [-0.2, -0.15) is 18.3 Å².